The fourth-order valence-electron chi connectivity index (χ4n) is 2.84. The van der Waals surface area contributed by atoms with Gasteiger partial charge in [0.1, 0.15) is 5.82 Å². The quantitative estimate of drug-likeness (QED) is 0.500. The molecule has 0 aliphatic heterocycles. The Morgan fingerprint density at radius 1 is 1.03 bits per heavy atom. The van der Waals surface area contributed by atoms with Crippen LogP contribution in [0.5, 0.6) is 0 Å². The van der Waals surface area contributed by atoms with Crippen LogP contribution in [0.3, 0.4) is 0 Å². The van der Waals surface area contributed by atoms with Crippen LogP contribution in [0.4, 0.5) is 10.1 Å². The molecular formula is C22H19Cl2FN2O3S. The topological polar surface area (TPSA) is 66.5 Å². The van der Waals surface area contributed by atoms with Crippen molar-refractivity contribution in [1.29, 1.82) is 0 Å². The Kier molecular flexibility index (Phi) is 7.33. The molecule has 0 atom stereocenters. The van der Waals surface area contributed by atoms with Gasteiger partial charge in [-0.25, -0.2) is 12.8 Å². The lowest BCUT2D eigenvalue weighted by molar-refractivity contribution is -0.116. The summed E-state index contributed by atoms with van der Waals surface area (Å²) >= 11 is 12.1. The van der Waals surface area contributed by atoms with Gasteiger partial charge in [-0.05, 0) is 48.9 Å². The number of benzene rings is 3. The lowest BCUT2D eigenvalue weighted by Gasteiger charge is -2.22. The van der Waals surface area contributed by atoms with E-state index in [9.17, 15) is 17.6 Å². The largest absolute Gasteiger partial charge is 0.322 e. The van der Waals surface area contributed by atoms with Crippen LogP contribution in [0.25, 0.3) is 0 Å². The molecule has 0 aliphatic carbocycles. The lowest BCUT2D eigenvalue weighted by atomic mass is 10.2. The molecule has 0 saturated carbocycles. The van der Waals surface area contributed by atoms with E-state index >= 15 is 0 Å². The van der Waals surface area contributed by atoms with Crippen LogP contribution in [-0.2, 0) is 21.4 Å². The Morgan fingerprint density at radius 3 is 2.35 bits per heavy atom. The summed E-state index contributed by atoms with van der Waals surface area (Å²) in [7, 11) is -4.05. The number of sulfonamides is 1. The van der Waals surface area contributed by atoms with Gasteiger partial charge < -0.3 is 5.32 Å². The number of rotatable bonds is 7. The number of para-hydroxylation sites is 1. The molecule has 0 radical (unpaired) electrons. The second-order valence-electron chi connectivity index (χ2n) is 6.85. The molecule has 0 aromatic heterocycles. The molecule has 3 rings (SSSR count). The average Bonchev–Trinajstić information content (AvgIpc) is 2.71. The normalized spacial score (nSPS) is 11.5. The number of carbonyl (C=O) groups is 1. The number of amides is 1. The van der Waals surface area contributed by atoms with Crippen LogP contribution in [-0.4, -0.2) is 25.2 Å². The van der Waals surface area contributed by atoms with Gasteiger partial charge in [0.25, 0.3) is 0 Å². The van der Waals surface area contributed by atoms with Gasteiger partial charge in [0, 0.05) is 16.6 Å². The van der Waals surface area contributed by atoms with Gasteiger partial charge in [0.05, 0.1) is 17.1 Å². The van der Waals surface area contributed by atoms with Crippen molar-refractivity contribution in [2.45, 2.75) is 18.4 Å². The van der Waals surface area contributed by atoms with Crippen molar-refractivity contribution in [2.75, 3.05) is 11.9 Å². The highest BCUT2D eigenvalue weighted by molar-refractivity contribution is 7.89. The fraction of sp³-hybridized carbons (Fsp3) is 0.136. The molecule has 9 heteroatoms. The molecule has 0 bridgehead atoms. The maximum absolute atomic E-state index is 13.9. The molecule has 162 valence electrons. The summed E-state index contributed by atoms with van der Waals surface area (Å²) in [6, 6.07) is 16.6. The van der Waals surface area contributed by atoms with Crippen molar-refractivity contribution in [3.05, 3.63) is 93.7 Å². The van der Waals surface area contributed by atoms with Crippen molar-refractivity contribution in [3.8, 4) is 0 Å². The lowest BCUT2D eigenvalue weighted by Crippen LogP contribution is -2.37. The van der Waals surface area contributed by atoms with Crippen molar-refractivity contribution >= 4 is 44.8 Å². The zero-order valence-corrected chi connectivity index (χ0v) is 18.8. The smallest absolute Gasteiger partial charge is 0.243 e. The molecule has 0 saturated heterocycles. The molecule has 0 unspecified atom stereocenters. The standard InChI is InChI=1S/C22H19Cl2FN2O3S/c1-15-6-10-18(11-7-15)31(29,30)27(13-16-8-9-17(23)12-19(16)24)14-22(28)26-21-5-3-2-4-20(21)25/h2-12H,13-14H2,1H3,(H,26,28). The van der Waals surface area contributed by atoms with E-state index in [1.165, 1.54) is 36.4 Å². The highest BCUT2D eigenvalue weighted by atomic mass is 35.5. The number of halogens is 3. The first-order valence-electron chi connectivity index (χ1n) is 9.22. The van der Waals surface area contributed by atoms with Crippen molar-refractivity contribution in [1.82, 2.24) is 4.31 Å². The molecule has 3 aromatic carbocycles. The number of nitrogens with one attached hydrogen (secondary N) is 1. The first-order chi connectivity index (χ1) is 14.7. The Labute approximate surface area is 190 Å². The highest BCUT2D eigenvalue weighted by Crippen LogP contribution is 2.25. The number of carbonyl (C=O) groups excluding carboxylic acids is 1. The summed E-state index contributed by atoms with van der Waals surface area (Å²) in [5, 5.41) is 3.08. The monoisotopic (exact) mass is 480 g/mol. The Balaban J connectivity index is 1.92. The minimum absolute atomic E-state index is 0.0295. The van der Waals surface area contributed by atoms with Crippen molar-refractivity contribution in [2.24, 2.45) is 0 Å². The van der Waals surface area contributed by atoms with Crippen LogP contribution in [0, 0.1) is 12.7 Å². The van der Waals surface area contributed by atoms with Gasteiger partial charge in [-0.15, -0.1) is 0 Å². The molecule has 1 N–H and O–H groups in total. The van der Waals surface area contributed by atoms with Gasteiger partial charge in [0.15, 0.2) is 0 Å². The summed E-state index contributed by atoms with van der Waals surface area (Å²) in [5.74, 6) is -1.31. The third-order valence-electron chi connectivity index (χ3n) is 4.49. The van der Waals surface area contributed by atoms with Crippen LogP contribution in [0.1, 0.15) is 11.1 Å². The minimum Gasteiger partial charge on any atom is -0.322 e. The predicted octanol–water partition coefficient (Wildman–Crippen LogP) is 5.27. The van der Waals surface area contributed by atoms with E-state index in [4.69, 9.17) is 23.2 Å². The van der Waals surface area contributed by atoms with Crippen LogP contribution >= 0.6 is 23.2 Å². The van der Waals surface area contributed by atoms with E-state index in [0.717, 1.165) is 9.87 Å². The summed E-state index contributed by atoms with van der Waals surface area (Å²) in [6.45, 7) is 1.13. The minimum atomic E-state index is -4.05. The zero-order chi connectivity index (χ0) is 22.6. The van der Waals surface area contributed by atoms with E-state index in [2.05, 4.69) is 5.32 Å². The molecule has 0 fully saturated rings. The fourth-order valence-corrected chi connectivity index (χ4v) is 4.68. The Bertz CT molecular complexity index is 1200. The third-order valence-corrected chi connectivity index (χ3v) is 6.88. The van der Waals surface area contributed by atoms with Gasteiger partial charge in [-0.1, -0.05) is 59.1 Å². The number of aryl methyl sites for hydroxylation is 1. The van der Waals surface area contributed by atoms with Gasteiger partial charge in [0.2, 0.25) is 15.9 Å². The molecular weight excluding hydrogens is 462 g/mol. The second-order valence-corrected chi connectivity index (χ2v) is 9.63. The van der Waals surface area contributed by atoms with Gasteiger partial charge in [-0.2, -0.15) is 4.31 Å². The molecule has 0 spiro atoms. The van der Waals surface area contributed by atoms with E-state index < -0.39 is 28.3 Å². The molecule has 31 heavy (non-hydrogen) atoms. The molecule has 0 heterocycles. The van der Waals surface area contributed by atoms with Crippen LogP contribution in [0.15, 0.2) is 71.6 Å². The summed E-state index contributed by atoms with van der Waals surface area (Å²) < 4.78 is 41.4. The number of hydrogen-bond donors (Lipinski definition) is 1. The number of hydrogen-bond acceptors (Lipinski definition) is 3. The maximum Gasteiger partial charge on any atom is 0.243 e. The Hall–Kier alpha value is -2.45. The van der Waals surface area contributed by atoms with Crippen LogP contribution < -0.4 is 5.32 Å². The Morgan fingerprint density at radius 2 is 1.71 bits per heavy atom. The van der Waals surface area contributed by atoms with Crippen LogP contribution in [0.2, 0.25) is 10.0 Å². The van der Waals surface area contributed by atoms with E-state index in [1.54, 1.807) is 30.3 Å². The third kappa shape index (κ3) is 5.83. The highest BCUT2D eigenvalue weighted by Gasteiger charge is 2.28. The molecule has 5 nitrogen and oxygen atoms in total. The van der Waals surface area contributed by atoms with Crippen molar-refractivity contribution in [3.63, 3.8) is 0 Å². The first kappa shape index (κ1) is 23.2. The number of anilines is 1. The van der Waals surface area contributed by atoms with E-state index in [-0.39, 0.29) is 22.2 Å². The average molecular weight is 481 g/mol. The molecule has 0 aliphatic rings. The van der Waals surface area contributed by atoms with Gasteiger partial charge >= 0.3 is 0 Å². The SMILES string of the molecule is Cc1ccc(S(=O)(=O)N(CC(=O)Nc2ccccc2F)Cc2ccc(Cl)cc2Cl)cc1. The number of nitrogens with zero attached hydrogens (tertiary/aromatic N) is 1. The van der Waals surface area contributed by atoms with E-state index in [1.807, 2.05) is 6.92 Å². The second kappa shape index (κ2) is 9.78. The van der Waals surface area contributed by atoms with Gasteiger partial charge in [-0.3, -0.25) is 4.79 Å². The first-order valence-corrected chi connectivity index (χ1v) is 11.4. The summed E-state index contributed by atoms with van der Waals surface area (Å²) in [4.78, 5) is 12.6. The summed E-state index contributed by atoms with van der Waals surface area (Å²) in [5.41, 5.74) is 1.33. The zero-order valence-electron chi connectivity index (χ0n) is 16.5. The van der Waals surface area contributed by atoms with E-state index in [0.29, 0.717) is 10.6 Å². The van der Waals surface area contributed by atoms with Crippen molar-refractivity contribution < 1.29 is 17.6 Å². The predicted molar refractivity (Wildman–Crippen MR) is 120 cm³/mol. The molecule has 1 amide bonds. The maximum atomic E-state index is 13.9. The molecule has 3 aromatic rings. The summed E-state index contributed by atoms with van der Waals surface area (Å²) in [6.07, 6.45) is 0.